The second-order valence-electron chi connectivity index (χ2n) is 3.55. The van der Waals surface area contributed by atoms with Crippen molar-refractivity contribution in [1.29, 1.82) is 0 Å². The third kappa shape index (κ3) is 2.18. The van der Waals surface area contributed by atoms with E-state index >= 15 is 0 Å². The van der Waals surface area contributed by atoms with E-state index in [4.69, 9.17) is 0 Å². The van der Waals surface area contributed by atoms with Gasteiger partial charge in [0.25, 0.3) is 0 Å². The molecule has 0 atom stereocenters. The van der Waals surface area contributed by atoms with Crippen LogP contribution < -0.4 is 0 Å². The van der Waals surface area contributed by atoms with Crippen LogP contribution in [0.15, 0.2) is 47.9 Å². The predicted molar refractivity (Wildman–Crippen MR) is 68.3 cm³/mol. The summed E-state index contributed by atoms with van der Waals surface area (Å²) in [5, 5.41) is 2.12. The van der Waals surface area contributed by atoms with Crippen LogP contribution in [0.3, 0.4) is 0 Å². The summed E-state index contributed by atoms with van der Waals surface area (Å²) in [4.78, 5) is 1.33. The third-order valence-electron chi connectivity index (χ3n) is 2.44. The molecule has 1 heteroatoms. The fraction of sp³-hybridized carbons (Fsp3) is 0.143. The normalized spacial score (nSPS) is 11.7. The van der Waals surface area contributed by atoms with E-state index in [1.54, 1.807) is 11.3 Å². The van der Waals surface area contributed by atoms with Gasteiger partial charge in [-0.15, -0.1) is 11.3 Å². The van der Waals surface area contributed by atoms with Gasteiger partial charge in [0.05, 0.1) is 0 Å². The van der Waals surface area contributed by atoms with Gasteiger partial charge in [-0.2, -0.15) is 0 Å². The molecular weight excluding hydrogens is 200 g/mol. The van der Waals surface area contributed by atoms with Crippen molar-refractivity contribution in [3.63, 3.8) is 0 Å². The van der Waals surface area contributed by atoms with Gasteiger partial charge in [-0.25, -0.2) is 0 Å². The molecule has 0 nitrogen and oxygen atoms in total. The van der Waals surface area contributed by atoms with Gasteiger partial charge in [-0.1, -0.05) is 42.0 Å². The lowest BCUT2D eigenvalue weighted by atomic mass is 10.0. The van der Waals surface area contributed by atoms with E-state index < -0.39 is 0 Å². The maximum Gasteiger partial charge on any atom is 0.0345 e. The van der Waals surface area contributed by atoms with Crippen LogP contribution in [0.1, 0.15) is 22.9 Å². The SMILES string of the molecule is C/C=C(/c1ccc(C)cc1)c1cccs1. The molecule has 0 radical (unpaired) electrons. The van der Waals surface area contributed by atoms with Crippen LogP contribution in [0.25, 0.3) is 5.57 Å². The molecule has 1 heterocycles. The van der Waals surface area contributed by atoms with Crippen LogP contribution in [0.5, 0.6) is 0 Å². The molecule has 0 aliphatic carbocycles. The smallest absolute Gasteiger partial charge is 0.0345 e. The summed E-state index contributed by atoms with van der Waals surface area (Å²) in [7, 11) is 0. The minimum Gasteiger partial charge on any atom is -0.144 e. The first kappa shape index (κ1) is 10.2. The maximum atomic E-state index is 2.18. The van der Waals surface area contributed by atoms with E-state index in [2.05, 4.69) is 61.7 Å². The number of aryl methyl sites for hydroxylation is 1. The Morgan fingerprint density at radius 1 is 1.13 bits per heavy atom. The first-order chi connectivity index (χ1) is 7.31. The molecule has 0 aliphatic rings. The minimum atomic E-state index is 1.30. The molecule has 0 aliphatic heterocycles. The number of allylic oxidation sites excluding steroid dienone is 1. The number of benzene rings is 1. The van der Waals surface area contributed by atoms with Gasteiger partial charge in [0.15, 0.2) is 0 Å². The van der Waals surface area contributed by atoms with Crippen LogP contribution in [-0.2, 0) is 0 Å². The van der Waals surface area contributed by atoms with E-state index in [1.807, 2.05) is 0 Å². The van der Waals surface area contributed by atoms with Gasteiger partial charge >= 0.3 is 0 Å². The van der Waals surface area contributed by atoms with Crippen molar-refractivity contribution in [2.45, 2.75) is 13.8 Å². The van der Waals surface area contributed by atoms with Crippen molar-refractivity contribution in [2.75, 3.05) is 0 Å². The van der Waals surface area contributed by atoms with Crippen molar-refractivity contribution in [3.8, 4) is 0 Å². The fourth-order valence-electron chi connectivity index (χ4n) is 1.62. The molecule has 2 rings (SSSR count). The number of rotatable bonds is 2. The molecule has 0 N–H and O–H groups in total. The van der Waals surface area contributed by atoms with E-state index in [1.165, 1.54) is 21.6 Å². The summed E-state index contributed by atoms with van der Waals surface area (Å²) in [5.74, 6) is 0. The van der Waals surface area contributed by atoms with E-state index in [-0.39, 0.29) is 0 Å². The predicted octanol–water partition coefficient (Wildman–Crippen LogP) is 4.51. The molecule has 0 amide bonds. The Balaban J connectivity index is 2.41. The highest BCUT2D eigenvalue weighted by atomic mass is 32.1. The molecule has 0 fully saturated rings. The summed E-state index contributed by atoms with van der Waals surface area (Å²) >= 11 is 1.79. The molecule has 0 unspecified atom stereocenters. The van der Waals surface area contributed by atoms with Gasteiger partial charge in [-0.3, -0.25) is 0 Å². The molecule has 0 saturated heterocycles. The monoisotopic (exact) mass is 214 g/mol. The highest BCUT2D eigenvalue weighted by Gasteiger charge is 2.03. The Morgan fingerprint density at radius 3 is 2.40 bits per heavy atom. The van der Waals surface area contributed by atoms with Crippen molar-refractivity contribution in [2.24, 2.45) is 0 Å². The molecule has 15 heavy (non-hydrogen) atoms. The summed E-state index contributed by atoms with van der Waals surface area (Å²) in [6, 6.07) is 12.9. The van der Waals surface area contributed by atoms with Gasteiger partial charge in [0.2, 0.25) is 0 Å². The lowest BCUT2D eigenvalue weighted by Crippen LogP contribution is -1.84. The lowest BCUT2D eigenvalue weighted by molar-refractivity contribution is 1.45. The summed E-state index contributed by atoms with van der Waals surface area (Å²) in [6.07, 6.45) is 2.18. The zero-order valence-corrected chi connectivity index (χ0v) is 9.84. The van der Waals surface area contributed by atoms with Crippen molar-refractivity contribution in [1.82, 2.24) is 0 Å². The van der Waals surface area contributed by atoms with E-state index in [0.29, 0.717) is 0 Å². The average molecular weight is 214 g/mol. The Labute approximate surface area is 94.9 Å². The zero-order valence-electron chi connectivity index (χ0n) is 9.03. The second-order valence-corrected chi connectivity index (χ2v) is 4.49. The van der Waals surface area contributed by atoms with Gasteiger partial charge < -0.3 is 0 Å². The molecule has 0 spiro atoms. The van der Waals surface area contributed by atoms with Crippen LogP contribution in [-0.4, -0.2) is 0 Å². The third-order valence-corrected chi connectivity index (χ3v) is 3.34. The summed E-state index contributed by atoms with van der Waals surface area (Å²) in [5.41, 5.74) is 3.93. The van der Waals surface area contributed by atoms with Gasteiger partial charge in [-0.05, 0) is 36.4 Å². The Bertz CT molecular complexity index is 447. The average Bonchev–Trinajstić information content (AvgIpc) is 2.75. The Kier molecular flexibility index (Phi) is 3.02. The van der Waals surface area contributed by atoms with Crippen LogP contribution in [0, 0.1) is 6.92 Å². The Morgan fingerprint density at radius 2 is 1.87 bits per heavy atom. The molecule has 0 saturated carbocycles. The van der Waals surface area contributed by atoms with Crippen molar-refractivity contribution < 1.29 is 0 Å². The second kappa shape index (κ2) is 4.45. The maximum absolute atomic E-state index is 2.18. The van der Waals surface area contributed by atoms with Gasteiger partial charge in [0, 0.05) is 4.88 Å². The highest BCUT2D eigenvalue weighted by Crippen LogP contribution is 2.27. The van der Waals surface area contributed by atoms with Crippen molar-refractivity contribution >= 4 is 16.9 Å². The Hall–Kier alpha value is -1.34. The molecule has 1 aromatic carbocycles. The zero-order chi connectivity index (χ0) is 10.7. The molecule has 76 valence electrons. The van der Waals surface area contributed by atoms with Gasteiger partial charge in [0.1, 0.15) is 0 Å². The molecular formula is C14H14S. The molecule has 1 aromatic heterocycles. The highest BCUT2D eigenvalue weighted by molar-refractivity contribution is 7.11. The molecule has 0 bridgehead atoms. The number of hydrogen-bond acceptors (Lipinski definition) is 1. The summed E-state index contributed by atoms with van der Waals surface area (Å²) < 4.78 is 0. The summed E-state index contributed by atoms with van der Waals surface area (Å²) in [6.45, 7) is 4.21. The van der Waals surface area contributed by atoms with E-state index in [0.717, 1.165) is 0 Å². The number of thiophene rings is 1. The quantitative estimate of drug-likeness (QED) is 0.690. The van der Waals surface area contributed by atoms with Crippen LogP contribution >= 0.6 is 11.3 Å². The first-order valence-electron chi connectivity index (χ1n) is 5.08. The van der Waals surface area contributed by atoms with Crippen LogP contribution in [0.2, 0.25) is 0 Å². The standard InChI is InChI=1S/C14H14S/c1-3-13(14-5-4-10-15-14)12-8-6-11(2)7-9-12/h3-10H,1-2H3/b13-3-. The number of hydrogen-bond donors (Lipinski definition) is 0. The minimum absolute atomic E-state index is 1.30. The largest absolute Gasteiger partial charge is 0.144 e. The van der Waals surface area contributed by atoms with Crippen LogP contribution in [0.4, 0.5) is 0 Å². The molecule has 2 aromatic rings. The topological polar surface area (TPSA) is 0 Å². The fourth-order valence-corrected chi connectivity index (χ4v) is 2.44. The van der Waals surface area contributed by atoms with E-state index in [9.17, 15) is 0 Å². The van der Waals surface area contributed by atoms with Crippen molar-refractivity contribution in [3.05, 3.63) is 63.9 Å². The lowest BCUT2D eigenvalue weighted by Gasteiger charge is -2.05. The first-order valence-corrected chi connectivity index (χ1v) is 5.96.